The minimum absolute atomic E-state index is 0.384. The maximum Gasteiger partial charge on any atom is 0.168 e. The minimum atomic E-state index is 0.384. The number of aryl methyl sites for hydroxylation is 2. The first kappa shape index (κ1) is 30.2. The Labute approximate surface area is 257 Å². The first-order valence-electron chi connectivity index (χ1n) is 15.6. The zero-order valence-corrected chi connectivity index (χ0v) is 26.0. The number of pyridine rings is 5. The highest BCUT2D eigenvalue weighted by atomic mass is 14.9. The van der Waals surface area contributed by atoms with Gasteiger partial charge in [-0.05, 0) is 119 Å². The Hall–Kier alpha value is -4.25. The highest BCUT2D eigenvalue weighted by Crippen LogP contribution is 2.43. The SMILES string of the molecule is CC(CC(CC(CC(CC(C)c1ccncc1)c1cc[n+](C)cc1)c1ccncc1)c1cc[n+](C)cc1)c1ccncc1. The van der Waals surface area contributed by atoms with Crippen molar-refractivity contribution in [1.82, 2.24) is 15.0 Å². The molecule has 5 heteroatoms. The van der Waals surface area contributed by atoms with Crippen molar-refractivity contribution in [2.45, 2.75) is 69.1 Å². The van der Waals surface area contributed by atoms with Gasteiger partial charge in [0.25, 0.3) is 0 Å². The van der Waals surface area contributed by atoms with E-state index in [1.807, 2.05) is 37.2 Å². The summed E-state index contributed by atoms with van der Waals surface area (Å²) in [6.45, 7) is 4.71. The molecule has 220 valence electrons. The smallest absolute Gasteiger partial charge is 0.168 e. The van der Waals surface area contributed by atoms with Gasteiger partial charge in [-0.25, -0.2) is 9.13 Å². The molecule has 0 N–H and O–H groups in total. The van der Waals surface area contributed by atoms with Crippen LogP contribution in [0.3, 0.4) is 0 Å². The van der Waals surface area contributed by atoms with Crippen LogP contribution in [0, 0.1) is 0 Å². The molecule has 0 radical (unpaired) electrons. The van der Waals surface area contributed by atoms with E-state index in [0.29, 0.717) is 29.6 Å². The van der Waals surface area contributed by atoms with Crippen molar-refractivity contribution >= 4 is 0 Å². The van der Waals surface area contributed by atoms with Gasteiger partial charge >= 0.3 is 0 Å². The van der Waals surface area contributed by atoms with Crippen molar-refractivity contribution in [2.24, 2.45) is 14.1 Å². The van der Waals surface area contributed by atoms with Gasteiger partial charge in [0.1, 0.15) is 14.1 Å². The van der Waals surface area contributed by atoms with Gasteiger partial charge in [-0.3, -0.25) is 15.0 Å². The number of nitrogens with zero attached hydrogens (tertiary/aromatic N) is 5. The van der Waals surface area contributed by atoms with E-state index < -0.39 is 0 Å². The summed E-state index contributed by atoms with van der Waals surface area (Å²) in [5.74, 6) is 2.06. The number of aromatic nitrogens is 5. The largest absolute Gasteiger partial charge is 0.265 e. The Morgan fingerprint density at radius 2 is 0.698 bits per heavy atom. The second-order valence-corrected chi connectivity index (χ2v) is 12.3. The molecule has 0 aliphatic heterocycles. The van der Waals surface area contributed by atoms with Crippen LogP contribution in [0.4, 0.5) is 0 Å². The minimum Gasteiger partial charge on any atom is -0.265 e. The second-order valence-electron chi connectivity index (χ2n) is 12.3. The van der Waals surface area contributed by atoms with E-state index >= 15 is 0 Å². The monoisotopic (exact) mass is 571 g/mol. The van der Waals surface area contributed by atoms with Crippen LogP contribution in [-0.4, -0.2) is 15.0 Å². The predicted octanol–water partition coefficient (Wildman–Crippen LogP) is 7.34. The summed E-state index contributed by atoms with van der Waals surface area (Å²) in [5, 5.41) is 0. The van der Waals surface area contributed by atoms with Crippen LogP contribution >= 0.6 is 0 Å². The topological polar surface area (TPSA) is 46.4 Å². The van der Waals surface area contributed by atoms with E-state index in [1.54, 1.807) is 0 Å². The molecule has 5 aromatic heterocycles. The van der Waals surface area contributed by atoms with Crippen LogP contribution in [-0.2, 0) is 14.1 Å². The normalized spacial score (nSPS) is 14.9. The molecule has 4 atom stereocenters. The van der Waals surface area contributed by atoms with Crippen molar-refractivity contribution in [3.8, 4) is 0 Å². The predicted molar refractivity (Wildman–Crippen MR) is 171 cm³/mol. The van der Waals surface area contributed by atoms with Crippen LogP contribution in [0.25, 0.3) is 0 Å². The molecule has 43 heavy (non-hydrogen) atoms. The molecule has 5 aromatic rings. The highest BCUT2D eigenvalue weighted by Gasteiger charge is 2.27. The van der Waals surface area contributed by atoms with Gasteiger partial charge in [-0.15, -0.1) is 0 Å². The summed E-state index contributed by atoms with van der Waals surface area (Å²) in [6, 6.07) is 22.4. The third-order valence-corrected chi connectivity index (χ3v) is 9.09. The summed E-state index contributed by atoms with van der Waals surface area (Å²) in [4.78, 5) is 12.9. The Morgan fingerprint density at radius 3 is 1.05 bits per heavy atom. The standard InChI is InChI=1S/C38H45N5/c1-29(31-5-15-39-16-6-31)25-36(34-11-21-42(3)22-12-34)27-38(33-9-19-41-20-10-33)28-37(35-13-23-43(4)24-14-35)26-30(2)32-7-17-40-18-8-32/h5-24,29-30,36-38H,25-28H2,1-4H3/q+2. The Bertz CT molecular complexity index is 1410. The van der Waals surface area contributed by atoms with Crippen LogP contribution < -0.4 is 9.13 Å². The summed E-state index contributed by atoms with van der Waals surface area (Å²) in [7, 11) is 4.18. The van der Waals surface area contributed by atoms with E-state index in [0.717, 1.165) is 25.7 Å². The molecule has 0 amide bonds. The maximum atomic E-state index is 4.38. The quantitative estimate of drug-likeness (QED) is 0.139. The van der Waals surface area contributed by atoms with Crippen LogP contribution in [0.1, 0.15) is 96.9 Å². The number of rotatable bonds is 13. The zero-order valence-electron chi connectivity index (χ0n) is 26.0. The van der Waals surface area contributed by atoms with Crippen molar-refractivity contribution in [3.05, 3.63) is 150 Å². The molecular formula is C38H45N5+2. The molecule has 0 aliphatic rings. The summed E-state index contributed by atoms with van der Waals surface area (Å²) < 4.78 is 4.25. The third kappa shape index (κ3) is 8.41. The van der Waals surface area contributed by atoms with Gasteiger partial charge in [0.2, 0.25) is 0 Å². The lowest BCUT2D eigenvalue weighted by molar-refractivity contribution is -0.671. The molecule has 5 nitrogen and oxygen atoms in total. The molecule has 0 fully saturated rings. The molecule has 0 aliphatic carbocycles. The van der Waals surface area contributed by atoms with Crippen molar-refractivity contribution in [1.29, 1.82) is 0 Å². The van der Waals surface area contributed by atoms with Crippen molar-refractivity contribution in [3.63, 3.8) is 0 Å². The van der Waals surface area contributed by atoms with Crippen LogP contribution in [0.2, 0.25) is 0 Å². The van der Waals surface area contributed by atoms with Gasteiger partial charge in [-0.1, -0.05) is 13.8 Å². The first-order valence-corrected chi connectivity index (χ1v) is 15.6. The Balaban J connectivity index is 1.48. The lowest BCUT2D eigenvalue weighted by Crippen LogP contribution is -2.26. The molecule has 0 saturated heterocycles. The second kappa shape index (κ2) is 14.8. The van der Waals surface area contributed by atoms with E-state index in [2.05, 4.69) is 137 Å². The summed E-state index contributed by atoms with van der Waals surface area (Å²) >= 11 is 0. The summed E-state index contributed by atoms with van der Waals surface area (Å²) in [5.41, 5.74) is 6.89. The van der Waals surface area contributed by atoms with Gasteiger partial charge < -0.3 is 0 Å². The Kier molecular flexibility index (Phi) is 10.4. The average molecular weight is 572 g/mol. The molecule has 5 rings (SSSR count). The fraction of sp³-hybridized carbons (Fsp3) is 0.342. The van der Waals surface area contributed by atoms with Gasteiger partial charge in [0.05, 0.1) is 0 Å². The first-order chi connectivity index (χ1) is 21.0. The average Bonchev–Trinajstić information content (AvgIpc) is 3.05. The third-order valence-electron chi connectivity index (χ3n) is 9.09. The molecule has 0 saturated carbocycles. The fourth-order valence-corrected chi connectivity index (χ4v) is 6.51. The highest BCUT2D eigenvalue weighted by molar-refractivity contribution is 5.25. The van der Waals surface area contributed by atoms with E-state index in [-0.39, 0.29) is 0 Å². The molecule has 0 bridgehead atoms. The zero-order chi connectivity index (χ0) is 30.0. The van der Waals surface area contributed by atoms with E-state index in [4.69, 9.17) is 0 Å². The summed E-state index contributed by atoms with van der Waals surface area (Å²) in [6.07, 6.45) is 24.6. The fourth-order valence-electron chi connectivity index (χ4n) is 6.51. The van der Waals surface area contributed by atoms with Gasteiger partial charge in [0, 0.05) is 61.4 Å². The Morgan fingerprint density at radius 1 is 0.419 bits per heavy atom. The van der Waals surface area contributed by atoms with Crippen molar-refractivity contribution in [2.75, 3.05) is 0 Å². The van der Waals surface area contributed by atoms with Gasteiger partial charge in [0.15, 0.2) is 24.8 Å². The molecule has 4 unspecified atom stereocenters. The lowest BCUT2D eigenvalue weighted by Gasteiger charge is -2.30. The number of hydrogen-bond donors (Lipinski definition) is 0. The molecular weight excluding hydrogens is 526 g/mol. The molecule has 0 aromatic carbocycles. The van der Waals surface area contributed by atoms with E-state index in [9.17, 15) is 0 Å². The molecule has 5 heterocycles. The number of hydrogen-bond acceptors (Lipinski definition) is 3. The van der Waals surface area contributed by atoms with Crippen LogP contribution in [0.15, 0.2) is 123 Å². The maximum absolute atomic E-state index is 4.38. The lowest BCUT2D eigenvalue weighted by atomic mass is 9.74. The van der Waals surface area contributed by atoms with Gasteiger partial charge in [-0.2, -0.15) is 0 Å². The van der Waals surface area contributed by atoms with E-state index in [1.165, 1.54) is 27.8 Å². The molecule has 0 spiro atoms. The van der Waals surface area contributed by atoms with Crippen molar-refractivity contribution < 1.29 is 9.13 Å². The van der Waals surface area contributed by atoms with Crippen LogP contribution in [0.5, 0.6) is 0 Å².